The van der Waals surface area contributed by atoms with Crippen molar-refractivity contribution in [2.24, 2.45) is 0 Å². The number of amides is 1. The molecule has 1 aromatic carbocycles. The van der Waals surface area contributed by atoms with Crippen LogP contribution in [0.4, 0.5) is 5.95 Å². The van der Waals surface area contributed by atoms with Crippen LogP contribution in [0.1, 0.15) is 64.6 Å². The summed E-state index contributed by atoms with van der Waals surface area (Å²) in [5.74, 6) is 1.33. The van der Waals surface area contributed by atoms with Crippen LogP contribution >= 0.6 is 0 Å². The first-order valence-corrected chi connectivity index (χ1v) is 12.0. The minimum Gasteiger partial charge on any atom is -0.341 e. The third kappa shape index (κ3) is 5.05. The highest BCUT2D eigenvalue weighted by Gasteiger charge is 2.27. The van der Waals surface area contributed by atoms with Gasteiger partial charge in [0, 0.05) is 61.7 Å². The average molecular weight is 442 g/mol. The molecule has 6 nitrogen and oxygen atoms in total. The van der Waals surface area contributed by atoms with Gasteiger partial charge in [-0.15, -0.1) is 0 Å². The number of aryl methyl sites for hydroxylation is 1. The molecule has 0 saturated carbocycles. The van der Waals surface area contributed by atoms with E-state index in [0.29, 0.717) is 12.3 Å². The quantitative estimate of drug-likeness (QED) is 0.588. The highest BCUT2D eigenvalue weighted by atomic mass is 16.2. The highest BCUT2D eigenvalue weighted by molar-refractivity contribution is 5.94. The fourth-order valence-electron chi connectivity index (χ4n) is 4.89. The summed E-state index contributed by atoms with van der Waals surface area (Å²) in [4.78, 5) is 31.6. The minimum atomic E-state index is 0.126. The van der Waals surface area contributed by atoms with Gasteiger partial charge in [-0.25, -0.2) is 9.97 Å². The third-order valence-electron chi connectivity index (χ3n) is 6.73. The van der Waals surface area contributed by atoms with Crippen LogP contribution in [-0.4, -0.2) is 51.9 Å². The molecule has 0 aliphatic carbocycles. The zero-order valence-electron chi connectivity index (χ0n) is 19.3. The van der Waals surface area contributed by atoms with Gasteiger partial charge < -0.3 is 9.80 Å². The summed E-state index contributed by atoms with van der Waals surface area (Å²) < 4.78 is 0. The van der Waals surface area contributed by atoms with Gasteiger partial charge >= 0.3 is 0 Å². The van der Waals surface area contributed by atoms with Crippen LogP contribution in [0.15, 0.2) is 54.7 Å². The van der Waals surface area contributed by atoms with Gasteiger partial charge in [0.1, 0.15) is 0 Å². The first kappa shape index (κ1) is 21.6. The van der Waals surface area contributed by atoms with Crippen LogP contribution in [0.3, 0.4) is 0 Å². The zero-order chi connectivity index (χ0) is 22.6. The number of hydrogen-bond acceptors (Lipinski definition) is 5. The molecule has 2 saturated heterocycles. The smallest absolute Gasteiger partial charge is 0.253 e. The number of anilines is 1. The number of pyridine rings is 1. The lowest BCUT2D eigenvalue weighted by Gasteiger charge is -2.32. The monoisotopic (exact) mass is 441 g/mol. The predicted molar refractivity (Wildman–Crippen MR) is 130 cm³/mol. The zero-order valence-corrected chi connectivity index (χ0v) is 19.3. The first-order valence-electron chi connectivity index (χ1n) is 12.0. The number of nitrogens with zero attached hydrogens (tertiary/aromatic N) is 5. The van der Waals surface area contributed by atoms with Gasteiger partial charge in [-0.1, -0.05) is 18.2 Å². The van der Waals surface area contributed by atoms with E-state index in [1.807, 2.05) is 47.5 Å². The standard InChI is InChI=1S/C27H31N5O/c1-20-9-12-28-23(17-20)18-24-19-25(30-27(29-24)32-13-5-6-14-32)21-10-15-31(16-11-21)26(33)22-7-3-2-4-8-22/h2-4,7-9,12,17,19,21H,5-6,10-11,13-16,18H2,1H3. The first-order chi connectivity index (χ1) is 16.2. The maximum atomic E-state index is 12.8. The Bertz CT molecular complexity index is 1100. The summed E-state index contributed by atoms with van der Waals surface area (Å²) >= 11 is 0. The van der Waals surface area contributed by atoms with Gasteiger partial charge in [-0.2, -0.15) is 0 Å². The van der Waals surface area contributed by atoms with Crippen molar-refractivity contribution >= 4 is 11.9 Å². The number of benzene rings is 1. The Morgan fingerprint density at radius 3 is 2.42 bits per heavy atom. The second-order valence-electron chi connectivity index (χ2n) is 9.21. The van der Waals surface area contributed by atoms with E-state index >= 15 is 0 Å². The molecule has 2 aliphatic heterocycles. The Labute approximate surface area is 195 Å². The molecular weight excluding hydrogens is 410 g/mol. The number of hydrogen-bond donors (Lipinski definition) is 0. The molecule has 0 bridgehead atoms. The molecule has 0 unspecified atom stereocenters. The van der Waals surface area contributed by atoms with Crippen LogP contribution in [-0.2, 0) is 6.42 Å². The maximum absolute atomic E-state index is 12.8. The molecular formula is C27H31N5O. The average Bonchev–Trinajstić information content (AvgIpc) is 3.39. The molecule has 2 fully saturated rings. The Balaban J connectivity index is 1.34. The fraction of sp³-hybridized carbons (Fsp3) is 0.407. The predicted octanol–water partition coefficient (Wildman–Crippen LogP) is 4.39. The normalized spacial score (nSPS) is 16.9. The molecule has 0 atom stereocenters. The Hall–Kier alpha value is -3.28. The molecule has 4 heterocycles. The molecule has 1 amide bonds. The number of piperidine rings is 1. The molecule has 0 spiro atoms. The number of likely N-dealkylation sites (tertiary alicyclic amines) is 1. The molecule has 3 aromatic rings. The summed E-state index contributed by atoms with van der Waals surface area (Å²) in [7, 11) is 0. The van der Waals surface area contributed by atoms with Crippen LogP contribution in [0.25, 0.3) is 0 Å². The van der Waals surface area contributed by atoms with E-state index in [0.717, 1.165) is 67.6 Å². The van der Waals surface area contributed by atoms with E-state index in [4.69, 9.17) is 9.97 Å². The lowest BCUT2D eigenvalue weighted by molar-refractivity contribution is 0.0712. The Kier molecular flexibility index (Phi) is 6.33. The van der Waals surface area contributed by atoms with Gasteiger partial charge in [0.2, 0.25) is 5.95 Å². The van der Waals surface area contributed by atoms with Gasteiger partial charge in [0.15, 0.2) is 0 Å². The van der Waals surface area contributed by atoms with Crippen molar-refractivity contribution in [2.45, 2.75) is 44.9 Å². The summed E-state index contributed by atoms with van der Waals surface area (Å²) in [5.41, 5.74) is 5.16. The van der Waals surface area contributed by atoms with E-state index in [9.17, 15) is 4.79 Å². The third-order valence-corrected chi connectivity index (χ3v) is 6.73. The van der Waals surface area contributed by atoms with Gasteiger partial charge in [0.25, 0.3) is 5.91 Å². The molecule has 2 aromatic heterocycles. The Morgan fingerprint density at radius 2 is 1.70 bits per heavy atom. The van der Waals surface area contributed by atoms with Crippen molar-refractivity contribution in [3.8, 4) is 0 Å². The van der Waals surface area contributed by atoms with E-state index in [1.165, 1.54) is 18.4 Å². The van der Waals surface area contributed by atoms with Crippen molar-refractivity contribution in [3.63, 3.8) is 0 Å². The SMILES string of the molecule is Cc1ccnc(Cc2cc(C3CCN(C(=O)c4ccccc4)CC3)nc(N3CCCC3)n2)c1. The fourth-order valence-corrected chi connectivity index (χ4v) is 4.89. The molecule has 2 aliphatic rings. The van der Waals surface area contributed by atoms with Crippen LogP contribution < -0.4 is 4.90 Å². The van der Waals surface area contributed by atoms with Crippen LogP contribution in [0, 0.1) is 6.92 Å². The van der Waals surface area contributed by atoms with E-state index < -0.39 is 0 Å². The second kappa shape index (κ2) is 9.69. The van der Waals surface area contributed by atoms with E-state index in [2.05, 4.69) is 28.9 Å². The number of carbonyl (C=O) groups excluding carboxylic acids is 1. The molecule has 6 heteroatoms. The van der Waals surface area contributed by atoms with Crippen molar-refractivity contribution in [3.05, 3.63) is 82.9 Å². The largest absolute Gasteiger partial charge is 0.341 e. The molecule has 170 valence electrons. The molecule has 5 rings (SSSR count). The van der Waals surface area contributed by atoms with Crippen molar-refractivity contribution in [2.75, 3.05) is 31.1 Å². The van der Waals surface area contributed by atoms with E-state index in [1.54, 1.807) is 0 Å². The van der Waals surface area contributed by atoms with Gasteiger partial charge in [-0.3, -0.25) is 9.78 Å². The number of aromatic nitrogens is 3. The Morgan fingerprint density at radius 1 is 0.939 bits per heavy atom. The van der Waals surface area contributed by atoms with Crippen molar-refractivity contribution < 1.29 is 4.79 Å². The molecule has 0 N–H and O–H groups in total. The number of rotatable bonds is 5. The van der Waals surface area contributed by atoms with Crippen molar-refractivity contribution in [1.29, 1.82) is 0 Å². The molecule has 33 heavy (non-hydrogen) atoms. The second-order valence-corrected chi connectivity index (χ2v) is 9.21. The summed E-state index contributed by atoms with van der Waals surface area (Å²) in [5, 5.41) is 0. The summed E-state index contributed by atoms with van der Waals surface area (Å²) in [6.45, 7) is 5.66. The van der Waals surface area contributed by atoms with Crippen LogP contribution in [0.2, 0.25) is 0 Å². The maximum Gasteiger partial charge on any atom is 0.253 e. The lowest BCUT2D eigenvalue weighted by Crippen LogP contribution is -2.38. The van der Waals surface area contributed by atoms with Gasteiger partial charge in [-0.05, 0) is 68.5 Å². The lowest BCUT2D eigenvalue weighted by atomic mass is 9.92. The van der Waals surface area contributed by atoms with Crippen LogP contribution in [0.5, 0.6) is 0 Å². The number of carbonyl (C=O) groups is 1. The summed E-state index contributed by atoms with van der Waals surface area (Å²) in [6.07, 6.45) is 6.83. The van der Waals surface area contributed by atoms with Gasteiger partial charge in [0.05, 0.1) is 5.69 Å². The van der Waals surface area contributed by atoms with Crippen molar-refractivity contribution in [1.82, 2.24) is 19.9 Å². The summed E-state index contributed by atoms with van der Waals surface area (Å²) in [6, 6.07) is 15.9. The highest BCUT2D eigenvalue weighted by Crippen LogP contribution is 2.30. The molecule has 0 radical (unpaired) electrons. The topological polar surface area (TPSA) is 62.2 Å². The minimum absolute atomic E-state index is 0.126. The van der Waals surface area contributed by atoms with E-state index in [-0.39, 0.29) is 5.91 Å².